The van der Waals surface area contributed by atoms with E-state index in [1.54, 1.807) is 6.92 Å². The van der Waals surface area contributed by atoms with Gasteiger partial charge >= 0.3 is 0 Å². The van der Waals surface area contributed by atoms with Gasteiger partial charge in [0.15, 0.2) is 0 Å². The van der Waals surface area contributed by atoms with E-state index in [4.69, 9.17) is 0 Å². The standard InChI is InChI=1S/C28H37NO4/c1-17-9-8-12-21-25(31)19(3)18(2)24-22(15-20-10-6-5-7-11-20)29-26(32)28(21,24)23(30)13-14-27(4,33)16-17/h5-8,10-12,17-18,21-22,24-25,31,33H,3,9,13-16H2,1-2,4H3,(H,29,32). The van der Waals surface area contributed by atoms with Crippen LogP contribution in [0, 0.1) is 29.1 Å². The first-order chi connectivity index (χ1) is 15.6. The van der Waals surface area contributed by atoms with Crippen LogP contribution in [0.4, 0.5) is 0 Å². The Bertz CT molecular complexity index is 952. The quantitative estimate of drug-likeness (QED) is 0.474. The second kappa shape index (κ2) is 8.84. The molecule has 1 saturated carbocycles. The highest BCUT2D eigenvalue weighted by molar-refractivity contribution is 6.09. The summed E-state index contributed by atoms with van der Waals surface area (Å²) in [5.41, 5.74) is -0.561. The van der Waals surface area contributed by atoms with Crippen LogP contribution in [0.1, 0.15) is 52.0 Å². The molecule has 2 fully saturated rings. The monoisotopic (exact) mass is 451 g/mol. The topological polar surface area (TPSA) is 86.6 Å². The first-order valence-corrected chi connectivity index (χ1v) is 12.2. The Labute approximate surface area is 197 Å². The summed E-state index contributed by atoms with van der Waals surface area (Å²) >= 11 is 0. The molecule has 5 heteroatoms. The van der Waals surface area contributed by atoms with Gasteiger partial charge in [0.05, 0.1) is 11.7 Å². The number of hydrogen-bond donors (Lipinski definition) is 3. The maximum atomic E-state index is 14.0. The van der Waals surface area contributed by atoms with Gasteiger partial charge in [-0.3, -0.25) is 9.59 Å². The highest BCUT2D eigenvalue weighted by Crippen LogP contribution is 2.57. The van der Waals surface area contributed by atoms with Crippen LogP contribution in [-0.2, 0) is 16.0 Å². The molecule has 1 spiro atoms. The van der Waals surface area contributed by atoms with Crippen LogP contribution in [0.2, 0.25) is 0 Å². The van der Waals surface area contributed by atoms with E-state index >= 15 is 0 Å². The fourth-order valence-corrected chi connectivity index (χ4v) is 6.73. The Kier molecular flexibility index (Phi) is 6.41. The van der Waals surface area contributed by atoms with E-state index in [-0.39, 0.29) is 41.9 Å². The minimum Gasteiger partial charge on any atom is -0.390 e. The molecule has 4 rings (SSSR count). The summed E-state index contributed by atoms with van der Waals surface area (Å²) in [6.45, 7) is 10.0. The molecule has 0 aromatic heterocycles. The number of aliphatic hydroxyl groups is 2. The summed E-state index contributed by atoms with van der Waals surface area (Å²) in [4.78, 5) is 27.8. The molecule has 5 nitrogen and oxygen atoms in total. The van der Waals surface area contributed by atoms with Crippen molar-refractivity contribution in [1.82, 2.24) is 5.32 Å². The molecule has 1 saturated heterocycles. The predicted octanol–water partition coefficient (Wildman–Crippen LogP) is 3.60. The van der Waals surface area contributed by atoms with Crippen LogP contribution in [0.3, 0.4) is 0 Å². The molecule has 2 aliphatic carbocycles. The fraction of sp³-hybridized carbons (Fsp3) is 0.571. The zero-order valence-electron chi connectivity index (χ0n) is 20.0. The van der Waals surface area contributed by atoms with Crippen molar-refractivity contribution in [2.45, 2.75) is 70.6 Å². The fourth-order valence-electron chi connectivity index (χ4n) is 6.73. The van der Waals surface area contributed by atoms with Crippen LogP contribution >= 0.6 is 0 Å². The molecule has 3 aliphatic rings. The van der Waals surface area contributed by atoms with Crippen LogP contribution in [0.15, 0.2) is 54.6 Å². The molecule has 0 radical (unpaired) electrons. The summed E-state index contributed by atoms with van der Waals surface area (Å²) in [6, 6.07) is 9.74. The zero-order chi connectivity index (χ0) is 24.0. The average Bonchev–Trinajstić information content (AvgIpc) is 3.04. The molecule has 8 unspecified atom stereocenters. The van der Waals surface area contributed by atoms with Gasteiger partial charge in [0.2, 0.25) is 5.91 Å². The van der Waals surface area contributed by atoms with Gasteiger partial charge in [-0.1, -0.05) is 62.9 Å². The van der Waals surface area contributed by atoms with Gasteiger partial charge in [0.1, 0.15) is 11.2 Å². The molecular formula is C28H37NO4. The number of Topliss-reactive ketones (excluding diaryl/α,β-unsaturated/α-hetero) is 1. The number of rotatable bonds is 2. The van der Waals surface area contributed by atoms with E-state index in [9.17, 15) is 19.8 Å². The predicted molar refractivity (Wildman–Crippen MR) is 128 cm³/mol. The molecule has 1 aliphatic heterocycles. The molecule has 1 heterocycles. The molecule has 3 N–H and O–H groups in total. The molecule has 1 amide bonds. The number of aliphatic hydroxyl groups excluding tert-OH is 1. The molecular weight excluding hydrogens is 414 g/mol. The number of ketones is 1. The number of carbonyl (C=O) groups excluding carboxylic acids is 2. The molecule has 1 aromatic carbocycles. The van der Waals surface area contributed by atoms with Crippen molar-refractivity contribution in [2.75, 3.05) is 0 Å². The summed E-state index contributed by atoms with van der Waals surface area (Å²) < 4.78 is 0. The van der Waals surface area contributed by atoms with Crippen molar-refractivity contribution >= 4 is 11.7 Å². The third-order valence-electron chi connectivity index (χ3n) is 8.34. The van der Waals surface area contributed by atoms with E-state index in [1.807, 2.05) is 49.4 Å². The highest BCUT2D eigenvalue weighted by Gasteiger charge is 2.68. The Morgan fingerprint density at radius 2 is 1.88 bits per heavy atom. The van der Waals surface area contributed by atoms with Crippen LogP contribution in [-0.4, -0.2) is 39.7 Å². The van der Waals surface area contributed by atoms with Crippen molar-refractivity contribution in [2.24, 2.45) is 29.1 Å². The second-order valence-corrected chi connectivity index (χ2v) is 10.9. The molecule has 178 valence electrons. The smallest absolute Gasteiger partial charge is 0.235 e. The summed E-state index contributed by atoms with van der Waals surface area (Å²) in [7, 11) is 0. The average molecular weight is 452 g/mol. The van der Waals surface area contributed by atoms with Crippen molar-refractivity contribution in [1.29, 1.82) is 0 Å². The highest BCUT2D eigenvalue weighted by atomic mass is 16.3. The second-order valence-electron chi connectivity index (χ2n) is 10.9. The minimum atomic E-state index is -1.36. The van der Waals surface area contributed by atoms with Gasteiger partial charge in [-0.15, -0.1) is 0 Å². The summed E-state index contributed by atoms with van der Waals surface area (Å²) in [5.74, 6) is -1.42. The normalized spacial score (nSPS) is 41.7. The lowest BCUT2D eigenvalue weighted by molar-refractivity contribution is -0.152. The number of amides is 1. The largest absolute Gasteiger partial charge is 0.390 e. The Morgan fingerprint density at radius 3 is 2.58 bits per heavy atom. The Balaban J connectivity index is 1.82. The lowest BCUT2D eigenvalue weighted by Gasteiger charge is -2.49. The van der Waals surface area contributed by atoms with Gasteiger partial charge in [-0.2, -0.15) is 0 Å². The first kappa shape index (κ1) is 23.9. The summed E-state index contributed by atoms with van der Waals surface area (Å²) in [5, 5.41) is 25.4. The maximum absolute atomic E-state index is 14.0. The minimum absolute atomic E-state index is 0.109. The Hall–Kier alpha value is -2.24. The van der Waals surface area contributed by atoms with Crippen molar-refractivity contribution in [3.05, 3.63) is 60.2 Å². The number of allylic oxidation sites excluding steroid dienone is 1. The Morgan fingerprint density at radius 1 is 1.18 bits per heavy atom. The third kappa shape index (κ3) is 4.10. The number of carbonyl (C=O) groups is 2. The molecule has 0 bridgehead atoms. The van der Waals surface area contributed by atoms with Gasteiger partial charge in [0.25, 0.3) is 0 Å². The van der Waals surface area contributed by atoms with E-state index in [1.165, 1.54) is 0 Å². The van der Waals surface area contributed by atoms with Gasteiger partial charge < -0.3 is 15.5 Å². The first-order valence-electron chi connectivity index (χ1n) is 12.2. The van der Waals surface area contributed by atoms with E-state index in [2.05, 4.69) is 18.8 Å². The van der Waals surface area contributed by atoms with Gasteiger partial charge in [-0.25, -0.2) is 0 Å². The van der Waals surface area contributed by atoms with E-state index in [0.29, 0.717) is 31.3 Å². The van der Waals surface area contributed by atoms with Crippen LogP contribution in [0.5, 0.6) is 0 Å². The van der Waals surface area contributed by atoms with Gasteiger partial charge in [0, 0.05) is 24.3 Å². The third-order valence-corrected chi connectivity index (χ3v) is 8.34. The molecule has 1 aromatic rings. The summed E-state index contributed by atoms with van der Waals surface area (Å²) in [6.07, 6.45) is 5.23. The van der Waals surface area contributed by atoms with Gasteiger partial charge in [-0.05, 0) is 55.6 Å². The zero-order valence-corrected chi connectivity index (χ0v) is 20.0. The van der Waals surface area contributed by atoms with E-state index in [0.717, 1.165) is 5.56 Å². The molecule has 8 atom stereocenters. The SMILES string of the molecule is C=C1C(C)C2C(Cc3ccccc3)NC(=O)C23C(=O)CCC(C)(O)CC(C)CC=CC3C1O. The number of nitrogens with one attached hydrogen (secondary N) is 1. The van der Waals surface area contributed by atoms with Crippen molar-refractivity contribution in [3.8, 4) is 0 Å². The van der Waals surface area contributed by atoms with Crippen molar-refractivity contribution in [3.63, 3.8) is 0 Å². The van der Waals surface area contributed by atoms with E-state index < -0.39 is 23.0 Å². The van der Waals surface area contributed by atoms with Crippen LogP contribution < -0.4 is 5.32 Å². The van der Waals surface area contributed by atoms with Crippen LogP contribution in [0.25, 0.3) is 0 Å². The maximum Gasteiger partial charge on any atom is 0.235 e. The number of benzene rings is 1. The number of hydrogen-bond acceptors (Lipinski definition) is 4. The molecule has 33 heavy (non-hydrogen) atoms. The van der Waals surface area contributed by atoms with Crippen molar-refractivity contribution < 1.29 is 19.8 Å². The lowest BCUT2D eigenvalue weighted by atomic mass is 9.51. The lowest BCUT2D eigenvalue weighted by Crippen LogP contribution is -2.58.